The molecule has 0 bridgehead atoms. The molecule has 0 spiro atoms. The third kappa shape index (κ3) is 2.25. The van der Waals surface area contributed by atoms with Crippen molar-refractivity contribution in [1.29, 1.82) is 0 Å². The van der Waals surface area contributed by atoms with Crippen LogP contribution in [0, 0.1) is 12.8 Å². The van der Waals surface area contributed by atoms with E-state index in [-0.39, 0.29) is 0 Å². The SMILES string of the molecule is Cc1cccc2c3ccccc3c3nc(CC(C)C)c[n+](C)c3c12. The van der Waals surface area contributed by atoms with E-state index in [2.05, 4.69) is 81.0 Å². The summed E-state index contributed by atoms with van der Waals surface area (Å²) in [5.74, 6) is 0.600. The lowest BCUT2D eigenvalue weighted by molar-refractivity contribution is -0.644. The first-order valence-corrected chi connectivity index (χ1v) is 8.65. The fraction of sp³-hybridized carbons (Fsp3) is 0.273. The standard InChI is InChI=1S/C22H23N2/c1-14(2)12-16-13-24(4)22-20-15(3)8-7-11-18(20)17-9-5-6-10-19(17)21(22)23-16/h5-11,13-14H,12H2,1-4H3/q+1. The van der Waals surface area contributed by atoms with Crippen molar-refractivity contribution in [1.82, 2.24) is 4.98 Å². The Morgan fingerprint density at radius 3 is 2.42 bits per heavy atom. The summed E-state index contributed by atoms with van der Waals surface area (Å²) >= 11 is 0. The fourth-order valence-corrected chi connectivity index (χ4v) is 3.81. The van der Waals surface area contributed by atoms with Gasteiger partial charge in [0.15, 0.2) is 6.20 Å². The second-order valence-corrected chi connectivity index (χ2v) is 7.18. The predicted molar refractivity (Wildman–Crippen MR) is 101 cm³/mol. The lowest BCUT2D eigenvalue weighted by Gasteiger charge is -2.11. The summed E-state index contributed by atoms with van der Waals surface area (Å²) in [4.78, 5) is 5.07. The van der Waals surface area contributed by atoms with E-state index < -0.39 is 0 Å². The van der Waals surface area contributed by atoms with Crippen molar-refractivity contribution in [2.75, 3.05) is 0 Å². The third-order valence-corrected chi connectivity index (χ3v) is 4.77. The van der Waals surface area contributed by atoms with Crippen LogP contribution in [-0.4, -0.2) is 4.98 Å². The molecule has 0 unspecified atom stereocenters. The summed E-state index contributed by atoms with van der Waals surface area (Å²) in [7, 11) is 2.15. The molecule has 4 aromatic rings. The van der Waals surface area contributed by atoms with Gasteiger partial charge >= 0.3 is 0 Å². The topological polar surface area (TPSA) is 16.8 Å². The molecule has 24 heavy (non-hydrogen) atoms. The summed E-state index contributed by atoms with van der Waals surface area (Å²) in [5, 5.41) is 5.16. The molecule has 0 aliphatic carbocycles. The second kappa shape index (κ2) is 5.55. The van der Waals surface area contributed by atoms with Gasteiger partial charge in [0.1, 0.15) is 18.3 Å². The Bertz CT molecular complexity index is 1080. The summed E-state index contributed by atoms with van der Waals surface area (Å²) in [6.07, 6.45) is 3.20. The van der Waals surface area contributed by atoms with E-state index in [4.69, 9.17) is 4.98 Å². The number of aromatic nitrogens is 2. The molecule has 4 rings (SSSR count). The van der Waals surface area contributed by atoms with Crippen molar-refractivity contribution in [3.05, 3.63) is 59.9 Å². The molecule has 0 radical (unpaired) electrons. The number of hydrogen-bond acceptors (Lipinski definition) is 1. The Morgan fingerprint density at radius 2 is 1.67 bits per heavy atom. The summed E-state index contributed by atoms with van der Waals surface area (Å²) in [6.45, 7) is 6.68. The molecule has 120 valence electrons. The highest BCUT2D eigenvalue weighted by Gasteiger charge is 2.19. The van der Waals surface area contributed by atoms with E-state index >= 15 is 0 Å². The van der Waals surface area contributed by atoms with Crippen molar-refractivity contribution < 1.29 is 4.57 Å². The van der Waals surface area contributed by atoms with Gasteiger partial charge in [0.05, 0.1) is 5.39 Å². The minimum absolute atomic E-state index is 0.600. The number of hydrogen-bond donors (Lipinski definition) is 0. The highest BCUT2D eigenvalue weighted by molar-refractivity contribution is 6.22. The molecule has 2 nitrogen and oxygen atoms in total. The summed E-state index contributed by atoms with van der Waals surface area (Å²) in [6, 6.07) is 15.2. The zero-order chi connectivity index (χ0) is 16.8. The molecule has 0 atom stereocenters. The quantitative estimate of drug-likeness (QED) is 0.381. The minimum Gasteiger partial charge on any atom is -0.240 e. The minimum atomic E-state index is 0.600. The average molecular weight is 315 g/mol. The Kier molecular flexibility index (Phi) is 3.49. The molecule has 0 saturated carbocycles. The first kappa shape index (κ1) is 15.1. The van der Waals surface area contributed by atoms with E-state index in [1.165, 1.54) is 32.6 Å². The van der Waals surface area contributed by atoms with Crippen molar-refractivity contribution in [2.24, 2.45) is 13.0 Å². The van der Waals surface area contributed by atoms with Crippen LogP contribution >= 0.6 is 0 Å². The highest BCUT2D eigenvalue weighted by atomic mass is 15.0. The molecule has 0 aliphatic heterocycles. The van der Waals surface area contributed by atoms with Crippen LogP contribution in [0.4, 0.5) is 0 Å². The smallest absolute Gasteiger partial charge is 0.239 e. The van der Waals surface area contributed by atoms with Crippen molar-refractivity contribution in [3.8, 4) is 0 Å². The first-order chi connectivity index (χ1) is 11.6. The Balaban J connectivity index is 2.26. The molecular formula is C22H23N2+. The number of nitrogens with zero attached hydrogens (tertiary/aromatic N) is 2. The van der Waals surface area contributed by atoms with Crippen molar-refractivity contribution in [2.45, 2.75) is 27.2 Å². The van der Waals surface area contributed by atoms with Gasteiger partial charge in [0.2, 0.25) is 5.52 Å². The molecule has 3 aromatic carbocycles. The van der Waals surface area contributed by atoms with Gasteiger partial charge < -0.3 is 0 Å². The third-order valence-electron chi connectivity index (χ3n) is 4.77. The van der Waals surface area contributed by atoms with E-state index in [0.717, 1.165) is 17.6 Å². The summed E-state index contributed by atoms with van der Waals surface area (Å²) in [5.41, 5.74) is 4.82. The maximum absolute atomic E-state index is 5.07. The Labute approximate surface area is 142 Å². The number of fused-ring (bicyclic) bond motifs is 6. The van der Waals surface area contributed by atoms with E-state index in [0.29, 0.717) is 5.92 Å². The van der Waals surface area contributed by atoms with Gasteiger partial charge in [-0.2, -0.15) is 4.57 Å². The van der Waals surface area contributed by atoms with Gasteiger partial charge in [-0.3, -0.25) is 0 Å². The number of aryl methyl sites for hydroxylation is 2. The van der Waals surface area contributed by atoms with Crippen molar-refractivity contribution in [3.63, 3.8) is 0 Å². The van der Waals surface area contributed by atoms with Crippen molar-refractivity contribution >= 4 is 32.6 Å². The van der Waals surface area contributed by atoms with Gasteiger partial charge in [-0.25, -0.2) is 4.98 Å². The maximum atomic E-state index is 5.07. The van der Waals surface area contributed by atoms with E-state index in [1.807, 2.05) is 0 Å². The van der Waals surface area contributed by atoms with Crippen LogP contribution < -0.4 is 4.57 Å². The van der Waals surface area contributed by atoms with Crippen LogP contribution in [0.5, 0.6) is 0 Å². The second-order valence-electron chi connectivity index (χ2n) is 7.18. The van der Waals surface area contributed by atoms with Gasteiger partial charge in [-0.05, 0) is 35.6 Å². The van der Waals surface area contributed by atoms with Crippen LogP contribution in [0.15, 0.2) is 48.7 Å². The number of rotatable bonds is 2. The Hall–Kier alpha value is -2.48. The molecule has 0 fully saturated rings. The number of benzene rings is 3. The molecule has 0 amide bonds. The van der Waals surface area contributed by atoms with Gasteiger partial charge in [-0.15, -0.1) is 0 Å². The van der Waals surface area contributed by atoms with Crippen LogP contribution in [0.3, 0.4) is 0 Å². The van der Waals surface area contributed by atoms with Crippen LogP contribution in [0.25, 0.3) is 32.6 Å². The van der Waals surface area contributed by atoms with E-state index in [9.17, 15) is 0 Å². The van der Waals surface area contributed by atoms with Gasteiger partial charge in [-0.1, -0.05) is 56.3 Å². The molecule has 0 aliphatic rings. The Morgan fingerprint density at radius 1 is 0.958 bits per heavy atom. The van der Waals surface area contributed by atoms with Gasteiger partial charge in [0, 0.05) is 5.39 Å². The van der Waals surface area contributed by atoms with Crippen LogP contribution in [0.2, 0.25) is 0 Å². The van der Waals surface area contributed by atoms with Crippen LogP contribution in [0.1, 0.15) is 25.1 Å². The average Bonchev–Trinajstić information content (AvgIpc) is 2.54. The lowest BCUT2D eigenvalue weighted by Crippen LogP contribution is -2.31. The van der Waals surface area contributed by atoms with Gasteiger partial charge in [0.25, 0.3) is 0 Å². The largest absolute Gasteiger partial charge is 0.240 e. The normalized spacial score (nSPS) is 11.9. The molecular weight excluding hydrogens is 292 g/mol. The highest BCUT2D eigenvalue weighted by Crippen LogP contribution is 2.34. The van der Waals surface area contributed by atoms with Crippen LogP contribution in [-0.2, 0) is 13.5 Å². The lowest BCUT2D eigenvalue weighted by atomic mass is 9.96. The summed E-state index contributed by atoms with van der Waals surface area (Å²) < 4.78 is 2.27. The predicted octanol–water partition coefficient (Wildman–Crippen LogP) is 4.87. The molecule has 1 aromatic heterocycles. The first-order valence-electron chi connectivity index (χ1n) is 8.65. The monoisotopic (exact) mass is 315 g/mol. The molecule has 0 saturated heterocycles. The fourth-order valence-electron chi connectivity index (χ4n) is 3.81. The molecule has 1 heterocycles. The zero-order valence-electron chi connectivity index (χ0n) is 14.8. The maximum Gasteiger partial charge on any atom is 0.239 e. The molecule has 2 heteroatoms. The van der Waals surface area contributed by atoms with E-state index in [1.54, 1.807) is 0 Å². The molecule has 0 N–H and O–H groups in total. The zero-order valence-corrected chi connectivity index (χ0v) is 14.8.